The van der Waals surface area contributed by atoms with E-state index in [1.165, 1.54) is 11.1 Å². The Morgan fingerprint density at radius 1 is 1.35 bits per heavy atom. The largest absolute Gasteiger partial charge is 0.497 e. The first-order chi connectivity index (χ1) is 9.37. The van der Waals surface area contributed by atoms with Gasteiger partial charge in [-0.2, -0.15) is 13.2 Å². The van der Waals surface area contributed by atoms with Crippen molar-refractivity contribution in [3.05, 3.63) is 29.3 Å². The summed E-state index contributed by atoms with van der Waals surface area (Å²) < 4.78 is 42.2. The van der Waals surface area contributed by atoms with Gasteiger partial charge in [-0.3, -0.25) is 0 Å². The fourth-order valence-corrected chi connectivity index (χ4v) is 2.81. The summed E-state index contributed by atoms with van der Waals surface area (Å²) in [7, 11) is 1.62. The summed E-state index contributed by atoms with van der Waals surface area (Å²) in [6.07, 6.45) is -2.36. The number of nitrogens with one attached hydrogen (secondary N) is 1. The van der Waals surface area contributed by atoms with Crippen LogP contribution >= 0.6 is 0 Å². The van der Waals surface area contributed by atoms with E-state index in [0.29, 0.717) is 0 Å². The van der Waals surface area contributed by atoms with Crippen LogP contribution in [-0.2, 0) is 12.8 Å². The summed E-state index contributed by atoms with van der Waals surface area (Å²) in [4.78, 5) is 0. The maximum absolute atomic E-state index is 12.3. The summed E-state index contributed by atoms with van der Waals surface area (Å²) >= 11 is 0. The molecule has 1 aliphatic rings. The van der Waals surface area contributed by atoms with Gasteiger partial charge in [0.25, 0.3) is 0 Å². The third-order valence-electron chi connectivity index (χ3n) is 3.70. The number of aryl methyl sites for hydroxylation is 1. The first-order valence-electron chi connectivity index (χ1n) is 6.86. The highest BCUT2D eigenvalue weighted by molar-refractivity contribution is 5.37. The molecule has 0 spiro atoms. The molecule has 0 aliphatic heterocycles. The fraction of sp³-hybridized carbons (Fsp3) is 0.600. The highest BCUT2D eigenvalue weighted by atomic mass is 19.4. The lowest BCUT2D eigenvalue weighted by Crippen LogP contribution is -2.42. The zero-order valence-corrected chi connectivity index (χ0v) is 11.8. The second-order valence-electron chi connectivity index (χ2n) is 5.46. The lowest BCUT2D eigenvalue weighted by molar-refractivity contribution is -0.139. The first-order valence-corrected chi connectivity index (χ1v) is 6.86. The van der Waals surface area contributed by atoms with Crippen LogP contribution in [0.25, 0.3) is 0 Å². The molecule has 0 bridgehead atoms. The van der Waals surface area contributed by atoms with E-state index in [1.807, 2.05) is 18.2 Å². The van der Waals surface area contributed by atoms with Gasteiger partial charge in [-0.25, -0.2) is 0 Å². The second-order valence-corrected chi connectivity index (χ2v) is 5.46. The van der Waals surface area contributed by atoms with Crippen LogP contribution in [0.2, 0.25) is 0 Å². The van der Waals surface area contributed by atoms with Crippen LogP contribution in [0.15, 0.2) is 18.2 Å². The molecule has 0 aromatic heterocycles. The van der Waals surface area contributed by atoms with Gasteiger partial charge in [0.15, 0.2) is 0 Å². The van der Waals surface area contributed by atoms with Crippen LogP contribution in [0.4, 0.5) is 13.2 Å². The van der Waals surface area contributed by atoms with Gasteiger partial charge < -0.3 is 10.1 Å². The topological polar surface area (TPSA) is 21.3 Å². The minimum Gasteiger partial charge on any atom is -0.497 e. The monoisotopic (exact) mass is 287 g/mol. The second kappa shape index (κ2) is 6.04. The van der Waals surface area contributed by atoms with E-state index in [4.69, 9.17) is 4.74 Å². The van der Waals surface area contributed by atoms with Gasteiger partial charge in [-0.1, -0.05) is 6.07 Å². The Morgan fingerprint density at radius 2 is 2.10 bits per heavy atom. The van der Waals surface area contributed by atoms with E-state index in [-0.39, 0.29) is 6.04 Å². The maximum Gasteiger partial charge on any atom is 0.390 e. The number of fused-ring (bicyclic) bond motifs is 1. The number of halogens is 3. The molecule has 20 heavy (non-hydrogen) atoms. The number of hydrogen-bond donors (Lipinski definition) is 1. The minimum absolute atomic E-state index is 0.104. The third kappa shape index (κ3) is 4.13. The van der Waals surface area contributed by atoms with E-state index >= 15 is 0 Å². The molecule has 0 amide bonds. The quantitative estimate of drug-likeness (QED) is 0.915. The Labute approximate surface area is 117 Å². The zero-order valence-electron chi connectivity index (χ0n) is 11.8. The Morgan fingerprint density at radius 3 is 2.75 bits per heavy atom. The molecule has 0 radical (unpaired) electrons. The number of ether oxygens (including phenoxy) is 1. The predicted molar refractivity (Wildman–Crippen MR) is 72.1 cm³/mol. The highest BCUT2D eigenvalue weighted by Crippen LogP contribution is 2.27. The normalized spacial score (nSPS) is 20.4. The van der Waals surface area contributed by atoms with Gasteiger partial charge >= 0.3 is 6.18 Å². The van der Waals surface area contributed by atoms with Crippen molar-refractivity contribution in [2.24, 2.45) is 0 Å². The summed E-state index contributed by atoms with van der Waals surface area (Å²) in [5.41, 5.74) is 2.44. The summed E-state index contributed by atoms with van der Waals surface area (Å²) in [5, 5.41) is 3.09. The zero-order chi connectivity index (χ0) is 14.8. The van der Waals surface area contributed by atoms with Crippen molar-refractivity contribution in [3.63, 3.8) is 0 Å². The van der Waals surface area contributed by atoms with E-state index in [2.05, 4.69) is 5.32 Å². The molecule has 2 atom stereocenters. The van der Waals surface area contributed by atoms with Crippen molar-refractivity contribution in [2.75, 3.05) is 7.11 Å². The van der Waals surface area contributed by atoms with Crippen molar-refractivity contribution in [3.8, 4) is 5.75 Å². The molecule has 0 heterocycles. The lowest BCUT2D eigenvalue weighted by atomic mass is 9.87. The SMILES string of the molecule is COc1ccc2c(c1)CC(NC(C)CC(F)(F)F)CC2. The molecule has 0 fully saturated rings. The van der Waals surface area contributed by atoms with Gasteiger partial charge in [0.05, 0.1) is 13.5 Å². The number of alkyl halides is 3. The van der Waals surface area contributed by atoms with Crippen molar-refractivity contribution < 1.29 is 17.9 Å². The molecule has 0 saturated heterocycles. The van der Waals surface area contributed by atoms with E-state index in [1.54, 1.807) is 14.0 Å². The summed E-state index contributed by atoms with van der Waals surface area (Å²) in [6, 6.07) is 5.51. The minimum atomic E-state index is -4.11. The Bertz CT molecular complexity index is 459. The molecule has 1 aromatic carbocycles. The molecule has 1 aliphatic carbocycles. The average Bonchev–Trinajstić information content (AvgIpc) is 2.35. The first kappa shape index (κ1) is 15.2. The molecule has 5 heteroatoms. The smallest absolute Gasteiger partial charge is 0.390 e. The molecule has 2 rings (SSSR count). The molecule has 1 N–H and O–H groups in total. The van der Waals surface area contributed by atoms with Crippen LogP contribution in [0, 0.1) is 0 Å². The van der Waals surface area contributed by atoms with Crippen molar-refractivity contribution >= 4 is 0 Å². The average molecular weight is 287 g/mol. The molecule has 1 aromatic rings. The van der Waals surface area contributed by atoms with E-state index in [9.17, 15) is 13.2 Å². The number of rotatable bonds is 4. The molecule has 112 valence electrons. The van der Waals surface area contributed by atoms with Crippen molar-refractivity contribution in [1.29, 1.82) is 0 Å². The number of methoxy groups -OCH3 is 1. The Hall–Kier alpha value is -1.23. The van der Waals surface area contributed by atoms with Gasteiger partial charge in [-0.05, 0) is 49.4 Å². The predicted octanol–water partition coefficient (Wildman–Crippen LogP) is 3.48. The molecule has 0 saturated carbocycles. The summed E-state index contributed by atoms with van der Waals surface area (Å²) in [5.74, 6) is 0.799. The molecule has 2 unspecified atom stereocenters. The van der Waals surface area contributed by atoms with Crippen LogP contribution < -0.4 is 10.1 Å². The van der Waals surface area contributed by atoms with Gasteiger partial charge in [0.1, 0.15) is 5.75 Å². The standard InChI is InChI=1S/C15H20F3NO/c1-10(9-15(16,17)18)19-13-5-3-11-4-6-14(20-2)8-12(11)7-13/h4,6,8,10,13,19H,3,5,7,9H2,1-2H3. The van der Waals surface area contributed by atoms with Gasteiger partial charge in [0, 0.05) is 12.1 Å². The Balaban J connectivity index is 1.96. The van der Waals surface area contributed by atoms with Crippen LogP contribution in [0.5, 0.6) is 5.75 Å². The molecule has 2 nitrogen and oxygen atoms in total. The number of benzene rings is 1. The van der Waals surface area contributed by atoms with E-state index < -0.39 is 18.6 Å². The lowest BCUT2D eigenvalue weighted by Gasteiger charge is -2.29. The van der Waals surface area contributed by atoms with Gasteiger partial charge in [-0.15, -0.1) is 0 Å². The van der Waals surface area contributed by atoms with Gasteiger partial charge in [0.2, 0.25) is 0 Å². The van der Waals surface area contributed by atoms with Crippen LogP contribution in [0.3, 0.4) is 0 Å². The molecular formula is C15H20F3NO. The highest BCUT2D eigenvalue weighted by Gasteiger charge is 2.31. The third-order valence-corrected chi connectivity index (χ3v) is 3.70. The summed E-state index contributed by atoms with van der Waals surface area (Å²) in [6.45, 7) is 1.59. The number of hydrogen-bond acceptors (Lipinski definition) is 2. The molecular weight excluding hydrogens is 267 g/mol. The maximum atomic E-state index is 12.3. The van der Waals surface area contributed by atoms with E-state index in [0.717, 1.165) is 25.0 Å². The Kier molecular flexibility index (Phi) is 4.58. The van der Waals surface area contributed by atoms with Crippen LogP contribution in [0.1, 0.15) is 30.9 Å². The van der Waals surface area contributed by atoms with Crippen molar-refractivity contribution in [1.82, 2.24) is 5.32 Å². The fourth-order valence-electron chi connectivity index (χ4n) is 2.81. The van der Waals surface area contributed by atoms with Crippen molar-refractivity contribution in [2.45, 2.75) is 50.9 Å². The van der Waals surface area contributed by atoms with Crippen LogP contribution in [-0.4, -0.2) is 25.4 Å².